The Balaban J connectivity index is 1.60. The average Bonchev–Trinajstić information content (AvgIpc) is 2.69. The Bertz CT molecular complexity index is 954. The molecule has 0 aliphatic heterocycles. The van der Waals surface area contributed by atoms with Crippen LogP contribution < -0.4 is 10.6 Å². The zero-order valence-corrected chi connectivity index (χ0v) is 16.4. The van der Waals surface area contributed by atoms with Gasteiger partial charge in [0.15, 0.2) is 0 Å². The molecule has 0 heterocycles. The molecule has 136 valence electrons. The number of nitrogens with one attached hydrogen (secondary N) is 2. The molecular weight excluding hydrogens is 404 g/mol. The van der Waals surface area contributed by atoms with E-state index in [1.165, 1.54) is 0 Å². The third-order valence-corrected chi connectivity index (χ3v) is 4.99. The molecule has 0 fully saturated rings. The molecule has 0 aromatic heterocycles. The molecule has 2 amide bonds. The Labute approximate surface area is 166 Å². The second-order valence-corrected chi connectivity index (χ2v) is 7.02. The van der Waals surface area contributed by atoms with Crippen molar-refractivity contribution in [3.8, 4) is 0 Å². The molecular formula is C22H19BrN2O2. The summed E-state index contributed by atoms with van der Waals surface area (Å²) in [5.74, 6) is -0.351. The molecule has 4 nitrogen and oxygen atoms in total. The lowest BCUT2D eigenvalue weighted by molar-refractivity contribution is 0.0950. The van der Waals surface area contributed by atoms with Gasteiger partial charge in [-0.15, -0.1) is 0 Å². The minimum atomic E-state index is -0.197. The quantitative estimate of drug-likeness (QED) is 0.611. The Hall–Kier alpha value is -2.92. The standard InChI is InChI=1S/C22H19BrN2O2/c1-15-7-8-18(13-20(15)23)22(27)25-19-11-9-17(10-12-19)21(26)24-14-16-5-3-2-4-6-16/h2-13H,14H2,1H3,(H,24,26)(H,25,27). The maximum Gasteiger partial charge on any atom is 0.255 e. The lowest BCUT2D eigenvalue weighted by Crippen LogP contribution is -2.22. The van der Waals surface area contributed by atoms with Crippen LogP contribution in [0.15, 0.2) is 77.3 Å². The Morgan fingerprint density at radius 3 is 2.19 bits per heavy atom. The van der Waals surface area contributed by atoms with Gasteiger partial charge in [0.05, 0.1) is 0 Å². The number of anilines is 1. The summed E-state index contributed by atoms with van der Waals surface area (Å²) in [6.07, 6.45) is 0. The fourth-order valence-corrected chi connectivity index (χ4v) is 2.90. The highest BCUT2D eigenvalue weighted by atomic mass is 79.9. The van der Waals surface area contributed by atoms with Crippen LogP contribution in [-0.2, 0) is 6.54 Å². The highest BCUT2D eigenvalue weighted by molar-refractivity contribution is 9.10. The molecule has 5 heteroatoms. The van der Waals surface area contributed by atoms with Gasteiger partial charge in [-0.2, -0.15) is 0 Å². The molecule has 0 aliphatic rings. The van der Waals surface area contributed by atoms with Crippen LogP contribution in [0.3, 0.4) is 0 Å². The minimum absolute atomic E-state index is 0.154. The summed E-state index contributed by atoms with van der Waals surface area (Å²) in [6.45, 7) is 2.44. The molecule has 0 bridgehead atoms. The van der Waals surface area contributed by atoms with Gasteiger partial charge in [-0.3, -0.25) is 9.59 Å². The molecule has 0 saturated heterocycles. The molecule has 3 aromatic carbocycles. The van der Waals surface area contributed by atoms with Gasteiger partial charge in [-0.1, -0.05) is 52.3 Å². The van der Waals surface area contributed by atoms with Gasteiger partial charge in [-0.05, 0) is 54.4 Å². The van der Waals surface area contributed by atoms with Crippen LogP contribution in [0.4, 0.5) is 5.69 Å². The molecule has 0 unspecified atom stereocenters. The summed E-state index contributed by atoms with van der Waals surface area (Å²) in [7, 11) is 0. The molecule has 0 radical (unpaired) electrons. The number of carbonyl (C=O) groups excluding carboxylic acids is 2. The van der Waals surface area contributed by atoms with Crippen LogP contribution in [0.5, 0.6) is 0 Å². The largest absolute Gasteiger partial charge is 0.348 e. The summed E-state index contributed by atoms with van der Waals surface area (Å²) in [5.41, 5.74) is 3.85. The topological polar surface area (TPSA) is 58.2 Å². The average molecular weight is 423 g/mol. The van der Waals surface area contributed by atoms with Crippen LogP contribution >= 0.6 is 15.9 Å². The van der Waals surface area contributed by atoms with Crippen molar-refractivity contribution in [2.45, 2.75) is 13.5 Å². The van der Waals surface area contributed by atoms with Crippen molar-refractivity contribution >= 4 is 33.4 Å². The van der Waals surface area contributed by atoms with Crippen molar-refractivity contribution in [3.05, 3.63) is 99.5 Å². The first kappa shape index (κ1) is 18.9. The van der Waals surface area contributed by atoms with E-state index in [0.29, 0.717) is 23.4 Å². The summed E-state index contributed by atoms with van der Waals surface area (Å²) in [5, 5.41) is 5.72. The zero-order chi connectivity index (χ0) is 19.2. The maximum atomic E-state index is 12.3. The van der Waals surface area contributed by atoms with Crippen LogP contribution in [0.2, 0.25) is 0 Å². The fraction of sp³-hybridized carbons (Fsp3) is 0.0909. The summed E-state index contributed by atoms with van der Waals surface area (Å²) < 4.78 is 0.889. The number of hydrogen-bond donors (Lipinski definition) is 2. The first-order chi connectivity index (χ1) is 13.0. The van der Waals surface area contributed by atoms with Crippen molar-refractivity contribution in [1.82, 2.24) is 5.32 Å². The van der Waals surface area contributed by atoms with Crippen molar-refractivity contribution < 1.29 is 9.59 Å². The van der Waals surface area contributed by atoms with Crippen LogP contribution in [-0.4, -0.2) is 11.8 Å². The molecule has 0 saturated carbocycles. The smallest absolute Gasteiger partial charge is 0.255 e. The maximum absolute atomic E-state index is 12.3. The summed E-state index contributed by atoms with van der Waals surface area (Å²) in [4.78, 5) is 24.6. The third-order valence-electron chi connectivity index (χ3n) is 4.13. The van der Waals surface area contributed by atoms with E-state index in [-0.39, 0.29) is 11.8 Å². The Morgan fingerprint density at radius 1 is 0.852 bits per heavy atom. The highest BCUT2D eigenvalue weighted by Gasteiger charge is 2.09. The molecule has 3 rings (SSSR count). The number of rotatable bonds is 5. The lowest BCUT2D eigenvalue weighted by atomic mass is 10.1. The molecule has 2 N–H and O–H groups in total. The molecule has 27 heavy (non-hydrogen) atoms. The normalized spacial score (nSPS) is 10.3. The second kappa shape index (κ2) is 8.64. The van der Waals surface area contributed by atoms with Gasteiger partial charge in [0.25, 0.3) is 11.8 Å². The Morgan fingerprint density at radius 2 is 1.52 bits per heavy atom. The summed E-state index contributed by atoms with van der Waals surface area (Å²) in [6, 6.07) is 22.0. The van der Waals surface area contributed by atoms with Gasteiger partial charge in [0.2, 0.25) is 0 Å². The molecule has 3 aromatic rings. The molecule has 0 atom stereocenters. The highest BCUT2D eigenvalue weighted by Crippen LogP contribution is 2.19. The first-order valence-corrected chi connectivity index (χ1v) is 9.32. The number of benzene rings is 3. The van der Waals surface area contributed by atoms with Gasteiger partial charge < -0.3 is 10.6 Å². The number of hydrogen-bond acceptors (Lipinski definition) is 2. The van der Waals surface area contributed by atoms with Crippen LogP contribution in [0.1, 0.15) is 31.8 Å². The number of aryl methyl sites for hydroxylation is 1. The van der Waals surface area contributed by atoms with E-state index in [9.17, 15) is 9.59 Å². The molecule has 0 aliphatic carbocycles. The van der Waals surface area contributed by atoms with Gasteiger partial charge >= 0.3 is 0 Å². The van der Waals surface area contributed by atoms with E-state index in [0.717, 1.165) is 15.6 Å². The van der Waals surface area contributed by atoms with E-state index < -0.39 is 0 Å². The fourth-order valence-electron chi connectivity index (χ4n) is 2.52. The third kappa shape index (κ3) is 5.05. The predicted octanol–water partition coefficient (Wildman–Crippen LogP) is 4.94. The van der Waals surface area contributed by atoms with E-state index in [1.807, 2.05) is 43.3 Å². The van der Waals surface area contributed by atoms with Crippen molar-refractivity contribution in [3.63, 3.8) is 0 Å². The number of carbonyl (C=O) groups is 2. The second-order valence-electron chi connectivity index (χ2n) is 6.16. The Kier molecular flexibility index (Phi) is 6.04. The van der Waals surface area contributed by atoms with Gasteiger partial charge in [0.1, 0.15) is 0 Å². The minimum Gasteiger partial charge on any atom is -0.348 e. The summed E-state index contributed by atoms with van der Waals surface area (Å²) >= 11 is 3.43. The predicted molar refractivity (Wildman–Crippen MR) is 111 cm³/mol. The van der Waals surface area contributed by atoms with E-state index in [4.69, 9.17) is 0 Å². The monoisotopic (exact) mass is 422 g/mol. The van der Waals surface area contributed by atoms with E-state index >= 15 is 0 Å². The molecule has 0 spiro atoms. The number of amides is 2. The van der Waals surface area contributed by atoms with Gasteiger partial charge in [0, 0.05) is 27.8 Å². The SMILES string of the molecule is Cc1ccc(C(=O)Nc2ccc(C(=O)NCc3ccccc3)cc2)cc1Br. The van der Waals surface area contributed by atoms with Crippen LogP contribution in [0.25, 0.3) is 0 Å². The van der Waals surface area contributed by atoms with E-state index in [1.54, 1.807) is 36.4 Å². The lowest BCUT2D eigenvalue weighted by Gasteiger charge is -2.08. The van der Waals surface area contributed by atoms with Crippen molar-refractivity contribution in [1.29, 1.82) is 0 Å². The van der Waals surface area contributed by atoms with E-state index in [2.05, 4.69) is 26.6 Å². The number of halogens is 1. The van der Waals surface area contributed by atoms with Crippen molar-refractivity contribution in [2.24, 2.45) is 0 Å². The first-order valence-electron chi connectivity index (χ1n) is 8.52. The van der Waals surface area contributed by atoms with Gasteiger partial charge in [-0.25, -0.2) is 0 Å². The zero-order valence-electron chi connectivity index (χ0n) is 14.8. The van der Waals surface area contributed by atoms with Crippen LogP contribution in [0, 0.1) is 6.92 Å². The van der Waals surface area contributed by atoms with Crippen molar-refractivity contribution in [2.75, 3.05) is 5.32 Å².